The van der Waals surface area contributed by atoms with Gasteiger partial charge < -0.3 is 5.32 Å². The van der Waals surface area contributed by atoms with Crippen LogP contribution in [0, 0.1) is 23.0 Å². The average Bonchev–Trinajstić information content (AvgIpc) is 3.38. The van der Waals surface area contributed by atoms with Gasteiger partial charge in [0.1, 0.15) is 0 Å². The van der Waals surface area contributed by atoms with E-state index >= 15 is 0 Å². The number of carbonyl (C=O) groups excluding carboxylic acids is 1. The molecule has 0 aliphatic heterocycles. The molecule has 1 saturated carbocycles. The summed E-state index contributed by atoms with van der Waals surface area (Å²) in [5.74, 6) is 0.144. The Morgan fingerprint density at radius 2 is 1.92 bits per heavy atom. The molecule has 5 nitrogen and oxygen atoms in total. The summed E-state index contributed by atoms with van der Waals surface area (Å²) in [6.45, 7) is 2.02. The fourth-order valence-corrected chi connectivity index (χ4v) is 3.09. The fourth-order valence-electron chi connectivity index (χ4n) is 2.70. The van der Waals surface area contributed by atoms with E-state index in [1.165, 1.54) is 17.7 Å². The predicted molar refractivity (Wildman–Crippen MR) is 94.9 cm³/mol. The van der Waals surface area contributed by atoms with Crippen molar-refractivity contribution < 1.29 is 9.72 Å². The van der Waals surface area contributed by atoms with Crippen LogP contribution >= 0.6 is 15.9 Å². The molecule has 24 heavy (non-hydrogen) atoms. The van der Waals surface area contributed by atoms with Crippen LogP contribution in [0.2, 0.25) is 0 Å². The third-order valence-corrected chi connectivity index (χ3v) is 4.89. The Kier molecular flexibility index (Phi) is 4.66. The van der Waals surface area contributed by atoms with E-state index in [-0.39, 0.29) is 17.6 Å². The Labute approximate surface area is 148 Å². The highest BCUT2D eigenvalue weighted by atomic mass is 79.9. The lowest BCUT2D eigenvalue weighted by molar-refractivity contribution is -0.385. The monoisotopic (exact) mass is 388 g/mol. The molecule has 3 rings (SSSR count). The van der Waals surface area contributed by atoms with E-state index in [2.05, 4.69) is 21.2 Å². The van der Waals surface area contributed by atoms with Crippen molar-refractivity contribution in [3.63, 3.8) is 0 Å². The summed E-state index contributed by atoms with van der Waals surface area (Å²) in [6, 6.07) is 12.5. The number of hydrogen-bond acceptors (Lipinski definition) is 3. The maximum Gasteiger partial charge on any atom is 0.284 e. The van der Waals surface area contributed by atoms with Crippen LogP contribution in [0.3, 0.4) is 0 Å². The van der Waals surface area contributed by atoms with Crippen LogP contribution in [0.25, 0.3) is 0 Å². The molecule has 2 aromatic rings. The number of carbonyl (C=O) groups is 1. The topological polar surface area (TPSA) is 72.2 Å². The lowest BCUT2D eigenvalue weighted by Gasteiger charge is -2.19. The van der Waals surface area contributed by atoms with Gasteiger partial charge in [-0.15, -0.1) is 0 Å². The van der Waals surface area contributed by atoms with Crippen LogP contribution < -0.4 is 5.32 Å². The Bertz CT molecular complexity index is 785. The second-order valence-electron chi connectivity index (χ2n) is 6.12. The molecule has 1 fully saturated rings. The van der Waals surface area contributed by atoms with Gasteiger partial charge in [-0.05, 0) is 59.3 Å². The highest BCUT2D eigenvalue weighted by Crippen LogP contribution is 2.41. The van der Waals surface area contributed by atoms with Crippen molar-refractivity contribution in [2.75, 3.05) is 0 Å². The summed E-state index contributed by atoms with van der Waals surface area (Å²) in [5, 5.41) is 14.1. The van der Waals surface area contributed by atoms with Crippen LogP contribution in [0.15, 0.2) is 46.9 Å². The van der Waals surface area contributed by atoms with Gasteiger partial charge in [0, 0.05) is 11.6 Å². The van der Waals surface area contributed by atoms with Gasteiger partial charge in [0.2, 0.25) is 0 Å². The van der Waals surface area contributed by atoms with E-state index in [1.807, 2.05) is 31.2 Å². The van der Waals surface area contributed by atoms with Gasteiger partial charge in [0.25, 0.3) is 11.6 Å². The molecule has 0 radical (unpaired) electrons. The standard InChI is InChI=1S/C18H17BrN2O3/c1-11-2-4-12(5-3-11)17(13-6-7-13)20-18(22)14-8-9-15(19)16(10-14)21(23)24/h2-5,8-10,13,17H,6-7H2,1H3,(H,20,22). The lowest BCUT2D eigenvalue weighted by Crippen LogP contribution is -2.29. The summed E-state index contributed by atoms with van der Waals surface area (Å²) in [5.41, 5.74) is 2.43. The second kappa shape index (κ2) is 6.73. The zero-order valence-electron chi connectivity index (χ0n) is 13.2. The summed E-state index contributed by atoms with van der Waals surface area (Å²) in [4.78, 5) is 23.1. The van der Waals surface area contributed by atoms with Crippen molar-refractivity contribution in [1.29, 1.82) is 0 Å². The first kappa shape index (κ1) is 16.6. The largest absolute Gasteiger partial charge is 0.345 e. The number of hydrogen-bond donors (Lipinski definition) is 1. The van der Waals surface area contributed by atoms with Gasteiger partial charge >= 0.3 is 0 Å². The quantitative estimate of drug-likeness (QED) is 0.603. The van der Waals surface area contributed by atoms with Gasteiger partial charge in [0.05, 0.1) is 15.4 Å². The van der Waals surface area contributed by atoms with Crippen LogP contribution in [-0.4, -0.2) is 10.8 Å². The molecule has 0 bridgehead atoms. The Morgan fingerprint density at radius 1 is 1.25 bits per heavy atom. The summed E-state index contributed by atoms with van der Waals surface area (Å²) < 4.78 is 0.362. The van der Waals surface area contributed by atoms with E-state index < -0.39 is 4.92 Å². The third-order valence-electron chi connectivity index (χ3n) is 4.22. The molecule has 1 atom stereocenters. The number of halogens is 1. The number of rotatable bonds is 5. The lowest BCUT2D eigenvalue weighted by atomic mass is 10.0. The number of nitrogens with zero attached hydrogens (tertiary/aromatic N) is 1. The maximum atomic E-state index is 12.6. The SMILES string of the molecule is Cc1ccc(C(NC(=O)c2ccc(Br)c([N+](=O)[O-])c2)C2CC2)cc1. The predicted octanol–water partition coefficient (Wildman–Crippen LogP) is 4.55. The van der Waals surface area contributed by atoms with Gasteiger partial charge in [0.15, 0.2) is 0 Å². The van der Waals surface area contributed by atoms with Crippen molar-refractivity contribution in [2.24, 2.45) is 5.92 Å². The zero-order chi connectivity index (χ0) is 17.3. The van der Waals surface area contributed by atoms with Crippen molar-refractivity contribution in [3.05, 3.63) is 73.7 Å². The highest BCUT2D eigenvalue weighted by molar-refractivity contribution is 9.10. The number of aryl methyl sites for hydroxylation is 1. The highest BCUT2D eigenvalue weighted by Gasteiger charge is 2.33. The van der Waals surface area contributed by atoms with E-state index in [4.69, 9.17) is 0 Å². The van der Waals surface area contributed by atoms with Crippen molar-refractivity contribution in [2.45, 2.75) is 25.8 Å². The Hall–Kier alpha value is -2.21. The van der Waals surface area contributed by atoms with Gasteiger partial charge in [-0.1, -0.05) is 29.8 Å². The molecule has 1 aliphatic carbocycles. The molecule has 0 saturated heterocycles. The van der Waals surface area contributed by atoms with E-state index in [9.17, 15) is 14.9 Å². The number of benzene rings is 2. The number of nitro groups is 1. The van der Waals surface area contributed by atoms with E-state index in [1.54, 1.807) is 6.07 Å². The van der Waals surface area contributed by atoms with Crippen LogP contribution in [-0.2, 0) is 0 Å². The fraction of sp³-hybridized carbons (Fsp3) is 0.278. The molecule has 1 unspecified atom stereocenters. The average molecular weight is 389 g/mol. The van der Waals surface area contributed by atoms with Crippen LogP contribution in [0.4, 0.5) is 5.69 Å². The molecular weight excluding hydrogens is 372 g/mol. The van der Waals surface area contributed by atoms with Crippen molar-refractivity contribution in [1.82, 2.24) is 5.32 Å². The second-order valence-corrected chi connectivity index (χ2v) is 6.98. The molecule has 1 N–H and O–H groups in total. The zero-order valence-corrected chi connectivity index (χ0v) is 14.7. The van der Waals surface area contributed by atoms with Gasteiger partial charge in [-0.2, -0.15) is 0 Å². The Morgan fingerprint density at radius 3 is 2.50 bits per heavy atom. The summed E-state index contributed by atoms with van der Waals surface area (Å²) in [6.07, 6.45) is 2.17. The first-order valence-electron chi connectivity index (χ1n) is 7.77. The van der Waals surface area contributed by atoms with Crippen molar-refractivity contribution in [3.8, 4) is 0 Å². The number of nitrogens with one attached hydrogen (secondary N) is 1. The molecule has 0 heterocycles. The number of nitro benzene ring substituents is 1. The minimum atomic E-state index is -0.501. The first-order chi connectivity index (χ1) is 11.5. The Balaban J connectivity index is 1.83. The number of amides is 1. The van der Waals surface area contributed by atoms with E-state index in [0.717, 1.165) is 18.4 Å². The smallest absolute Gasteiger partial charge is 0.284 e. The molecule has 6 heteroatoms. The summed E-state index contributed by atoms with van der Waals surface area (Å²) >= 11 is 3.13. The molecule has 0 aromatic heterocycles. The summed E-state index contributed by atoms with van der Waals surface area (Å²) in [7, 11) is 0. The molecule has 0 spiro atoms. The minimum absolute atomic E-state index is 0.0548. The first-order valence-corrected chi connectivity index (χ1v) is 8.56. The third kappa shape index (κ3) is 3.64. The minimum Gasteiger partial charge on any atom is -0.345 e. The molecule has 1 amide bonds. The molecular formula is C18H17BrN2O3. The molecule has 2 aromatic carbocycles. The maximum absolute atomic E-state index is 12.6. The molecule has 124 valence electrons. The van der Waals surface area contributed by atoms with Gasteiger partial charge in [-0.25, -0.2) is 0 Å². The van der Waals surface area contributed by atoms with Crippen molar-refractivity contribution >= 4 is 27.5 Å². The van der Waals surface area contributed by atoms with Crippen LogP contribution in [0.1, 0.15) is 40.4 Å². The van der Waals surface area contributed by atoms with Crippen LogP contribution in [0.5, 0.6) is 0 Å². The van der Waals surface area contributed by atoms with Gasteiger partial charge in [-0.3, -0.25) is 14.9 Å². The normalized spacial score (nSPS) is 14.9. The van der Waals surface area contributed by atoms with E-state index in [0.29, 0.717) is 16.0 Å². The molecule has 1 aliphatic rings.